The molecule has 1 aliphatic rings. The average Bonchev–Trinajstić information content (AvgIpc) is 1.86. The van der Waals surface area contributed by atoms with E-state index in [1.54, 1.807) is 0 Å². The molecule has 1 heterocycles. The van der Waals surface area contributed by atoms with Crippen molar-refractivity contribution >= 4 is 0 Å². The van der Waals surface area contributed by atoms with Gasteiger partial charge in [0.1, 0.15) is 0 Å². The molecule has 60 valence electrons. The highest BCUT2D eigenvalue weighted by Gasteiger charge is 2.26. The van der Waals surface area contributed by atoms with Crippen molar-refractivity contribution in [1.82, 2.24) is 5.32 Å². The Labute approximate surface area is 61.9 Å². The van der Waals surface area contributed by atoms with Crippen LogP contribution in [0, 0.1) is 0 Å². The molecule has 3 N–H and O–H groups in total. The maximum atomic E-state index is 5.64. The van der Waals surface area contributed by atoms with Gasteiger partial charge in [-0.25, -0.2) is 0 Å². The lowest BCUT2D eigenvalue weighted by Gasteiger charge is -2.36. The van der Waals surface area contributed by atoms with E-state index in [0.29, 0.717) is 6.54 Å². The van der Waals surface area contributed by atoms with Gasteiger partial charge in [-0.3, -0.25) is 0 Å². The lowest BCUT2D eigenvalue weighted by atomic mass is 10.1. The predicted octanol–water partition coefficient (Wildman–Crippen LogP) is -0.288. The largest absolute Gasteiger partial charge is 0.368 e. The molecule has 0 bridgehead atoms. The van der Waals surface area contributed by atoms with Crippen LogP contribution >= 0.6 is 0 Å². The van der Waals surface area contributed by atoms with E-state index < -0.39 is 0 Å². The molecule has 0 aromatic heterocycles. The van der Waals surface area contributed by atoms with E-state index in [2.05, 4.69) is 19.2 Å². The summed E-state index contributed by atoms with van der Waals surface area (Å²) in [5.41, 5.74) is 5.42. The van der Waals surface area contributed by atoms with Crippen LogP contribution in [0.4, 0.5) is 0 Å². The van der Waals surface area contributed by atoms with Gasteiger partial charge >= 0.3 is 0 Å². The van der Waals surface area contributed by atoms with Crippen LogP contribution in [0.15, 0.2) is 0 Å². The Hall–Kier alpha value is -0.120. The Bertz CT molecular complexity index is 114. The molecule has 0 amide bonds. The van der Waals surface area contributed by atoms with Crippen molar-refractivity contribution in [2.45, 2.75) is 25.6 Å². The van der Waals surface area contributed by atoms with Crippen molar-refractivity contribution in [2.75, 3.05) is 19.6 Å². The molecule has 0 saturated carbocycles. The highest BCUT2D eigenvalue weighted by atomic mass is 16.5. The second kappa shape index (κ2) is 2.86. The Balaban J connectivity index is 2.40. The Morgan fingerprint density at radius 3 is 2.80 bits per heavy atom. The number of hydrogen-bond acceptors (Lipinski definition) is 3. The van der Waals surface area contributed by atoms with Crippen molar-refractivity contribution in [1.29, 1.82) is 0 Å². The van der Waals surface area contributed by atoms with Crippen LogP contribution in [0.2, 0.25) is 0 Å². The van der Waals surface area contributed by atoms with Gasteiger partial charge in [-0.15, -0.1) is 0 Å². The number of nitrogens with two attached hydrogens (primary N) is 1. The first-order valence-corrected chi connectivity index (χ1v) is 3.73. The van der Waals surface area contributed by atoms with Gasteiger partial charge in [0, 0.05) is 19.6 Å². The molecule has 3 heteroatoms. The van der Waals surface area contributed by atoms with Crippen molar-refractivity contribution in [3.63, 3.8) is 0 Å². The molecule has 1 aliphatic heterocycles. The molecule has 0 aliphatic carbocycles. The summed E-state index contributed by atoms with van der Waals surface area (Å²) < 4.78 is 5.64. The highest BCUT2D eigenvalue weighted by molar-refractivity contribution is 4.81. The number of hydrogen-bond donors (Lipinski definition) is 2. The van der Waals surface area contributed by atoms with Gasteiger partial charge in [-0.1, -0.05) is 0 Å². The Morgan fingerprint density at radius 2 is 2.40 bits per heavy atom. The maximum Gasteiger partial charge on any atom is 0.0829 e. The van der Waals surface area contributed by atoms with Gasteiger partial charge in [-0.2, -0.15) is 0 Å². The summed E-state index contributed by atoms with van der Waals surface area (Å²) in [4.78, 5) is 0. The maximum absolute atomic E-state index is 5.64. The highest BCUT2D eigenvalue weighted by Crippen LogP contribution is 2.13. The number of rotatable bonds is 1. The van der Waals surface area contributed by atoms with Crippen molar-refractivity contribution in [3.8, 4) is 0 Å². The zero-order valence-electron chi connectivity index (χ0n) is 6.68. The van der Waals surface area contributed by atoms with E-state index in [-0.39, 0.29) is 11.7 Å². The molecule has 0 unspecified atom stereocenters. The van der Waals surface area contributed by atoms with Crippen molar-refractivity contribution in [3.05, 3.63) is 0 Å². The van der Waals surface area contributed by atoms with E-state index in [1.165, 1.54) is 0 Å². The van der Waals surface area contributed by atoms with Crippen LogP contribution in [0.3, 0.4) is 0 Å². The lowest BCUT2D eigenvalue weighted by Crippen LogP contribution is -2.52. The minimum absolute atomic E-state index is 0.0394. The van der Waals surface area contributed by atoms with Gasteiger partial charge in [0.25, 0.3) is 0 Å². The summed E-state index contributed by atoms with van der Waals surface area (Å²) in [6.07, 6.45) is 0.198. The Morgan fingerprint density at radius 1 is 1.70 bits per heavy atom. The Kier molecular flexibility index (Phi) is 2.28. The van der Waals surface area contributed by atoms with Gasteiger partial charge in [0.05, 0.1) is 11.7 Å². The number of morpholine rings is 1. The molecule has 1 atom stereocenters. The monoisotopic (exact) mass is 144 g/mol. The molecule has 1 saturated heterocycles. The van der Waals surface area contributed by atoms with E-state index >= 15 is 0 Å². The van der Waals surface area contributed by atoms with Gasteiger partial charge in [0.15, 0.2) is 0 Å². The molecule has 3 nitrogen and oxygen atoms in total. The average molecular weight is 144 g/mol. The summed E-state index contributed by atoms with van der Waals surface area (Å²) in [5.74, 6) is 0. The van der Waals surface area contributed by atoms with Gasteiger partial charge in [0.2, 0.25) is 0 Å². The number of ether oxygens (including phenoxy) is 1. The second-order valence-electron chi connectivity index (χ2n) is 3.37. The first kappa shape index (κ1) is 7.98. The lowest BCUT2D eigenvalue weighted by molar-refractivity contribution is -0.0890. The molecule has 0 aromatic rings. The third kappa shape index (κ3) is 1.94. The third-order valence-corrected chi connectivity index (χ3v) is 1.67. The minimum atomic E-state index is -0.0394. The summed E-state index contributed by atoms with van der Waals surface area (Å²) in [6, 6.07) is 0. The normalized spacial score (nSPS) is 32.1. The standard InChI is InChI=1S/C7H16N2O/c1-7(2)5-9-4-6(3-8)10-7/h6,9H,3-5,8H2,1-2H3/t6-/m1/s1. The van der Waals surface area contributed by atoms with Crippen LogP contribution in [0.25, 0.3) is 0 Å². The predicted molar refractivity (Wildman–Crippen MR) is 40.9 cm³/mol. The fraction of sp³-hybridized carbons (Fsp3) is 1.00. The van der Waals surface area contributed by atoms with Gasteiger partial charge in [-0.05, 0) is 13.8 Å². The zero-order valence-corrected chi connectivity index (χ0v) is 6.68. The smallest absolute Gasteiger partial charge is 0.0829 e. The molecule has 1 rings (SSSR count). The molecular formula is C7H16N2O. The molecule has 0 spiro atoms. The molecule has 0 radical (unpaired) electrons. The summed E-state index contributed by atoms with van der Waals surface area (Å²) >= 11 is 0. The van der Waals surface area contributed by atoms with E-state index in [9.17, 15) is 0 Å². The fourth-order valence-corrected chi connectivity index (χ4v) is 1.20. The molecular weight excluding hydrogens is 128 g/mol. The first-order valence-electron chi connectivity index (χ1n) is 3.73. The first-order chi connectivity index (χ1) is 4.64. The van der Waals surface area contributed by atoms with Crippen LogP contribution in [-0.4, -0.2) is 31.3 Å². The SMILES string of the molecule is CC1(C)CNC[C@@H](CN)O1. The minimum Gasteiger partial charge on any atom is -0.368 e. The molecule has 1 fully saturated rings. The molecule has 10 heavy (non-hydrogen) atoms. The topological polar surface area (TPSA) is 47.3 Å². The fourth-order valence-electron chi connectivity index (χ4n) is 1.20. The summed E-state index contributed by atoms with van der Waals surface area (Å²) in [5, 5.41) is 3.27. The van der Waals surface area contributed by atoms with Crippen LogP contribution < -0.4 is 11.1 Å². The van der Waals surface area contributed by atoms with E-state index in [0.717, 1.165) is 13.1 Å². The molecule has 0 aromatic carbocycles. The van der Waals surface area contributed by atoms with E-state index in [4.69, 9.17) is 10.5 Å². The van der Waals surface area contributed by atoms with Crippen LogP contribution in [0.5, 0.6) is 0 Å². The third-order valence-electron chi connectivity index (χ3n) is 1.67. The van der Waals surface area contributed by atoms with Crippen molar-refractivity contribution in [2.24, 2.45) is 5.73 Å². The zero-order chi connectivity index (χ0) is 7.61. The quantitative estimate of drug-likeness (QED) is 0.532. The van der Waals surface area contributed by atoms with Crippen molar-refractivity contribution < 1.29 is 4.74 Å². The second-order valence-corrected chi connectivity index (χ2v) is 3.37. The van der Waals surface area contributed by atoms with Crippen LogP contribution in [0.1, 0.15) is 13.8 Å². The van der Waals surface area contributed by atoms with E-state index in [1.807, 2.05) is 0 Å². The summed E-state index contributed by atoms with van der Waals surface area (Å²) in [6.45, 7) is 6.56. The van der Waals surface area contributed by atoms with Gasteiger partial charge < -0.3 is 15.8 Å². The number of nitrogens with one attached hydrogen (secondary N) is 1. The summed E-state index contributed by atoms with van der Waals surface area (Å²) in [7, 11) is 0. The van der Waals surface area contributed by atoms with Crippen LogP contribution in [-0.2, 0) is 4.74 Å².